The lowest BCUT2D eigenvalue weighted by Gasteiger charge is -2.15. The van der Waals surface area contributed by atoms with Gasteiger partial charge in [0.25, 0.3) is 0 Å². The van der Waals surface area contributed by atoms with Crippen LogP contribution in [-0.2, 0) is 11.3 Å². The fourth-order valence-electron chi connectivity index (χ4n) is 0.853. The molecule has 82 valence electrons. The molecule has 0 aliphatic rings. The highest BCUT2D eigenvalue weighted by Crippen LogP contribution is 1.97. The van der Waals surface area contributed by atoms with Crippen molar-refractivity contribution in [3.8, 4) is 0 Å². The third kappa shape index (κ3) is 3.75. The summed E-state index contributed by atoms with van der Waals surface area (Å²) in [5, 5.41) is 10.6. The number of nitrogens with zero attached hydrogens (tertiary/aromatic N) is 5. The lowest BCUT2D eigenvalue weighted by Crippen LogP contribution is -2.30. The number of tetrazole rings is 1. The van der Waals surface area contributed by atoms with Crippen molar-refractivity contribution in [1.29, 1.82) is 0 Å². The van der Waals surface area contributed by atoms with Gasteiger partial charge in [0.1, 0.15) is 6.33 Å². The predicted molar refractivity (Wildman–Crippen MR) is 51.7 cm³/mol. The summed E-state index contributed by atoms with van der Waals surface area (Å²) in [6.07, 6.45) is 1.05. The maximum Gasteiger partial charge on any atom is 0.414 e. The summed E-state index contributed by atoms with van der Waals surface area (Å²) in [5.74, 6) is 0.370. The van der Waals surface area contributed by atoms with Crippen LogP contribution < -0.4 is 0 Å². The van der Waals surface area contributed by atoms with Crippen LogP contribution in [-0.4, -0.2) is 44.8 Å². The van der Waals surface area contributed by atoms with Crippen molar-refractivity contribution < 1.29 is 9.53 Å². The zero-order valence-corrected chi connectivity index (χ0v) is 8.75. The first-order valence-corrected chi connectivity index (χ1v) is 4.39. The van der Waals surface area contributed by atoms with E-state index >= 15 is 0 Å². The van der Waals surface area contributed by atoms with Gasteiger partial charge < -0.3 is 9.64 Å². The Morgan fingerprint density at radius 3 is 2.93 bits per heavy atom. The van der Waals surface area contributed by atoms with E-state index in [0.29, 0.717) is 18.8 Å². The Morgan fingerprint density at radius 1 is 1.67 bits per heavy atom. The normalized spacial score (nSPS) is 9.73. The van der Waals surface area contributed by atoms with Crippen LogP contribution in [0, 0.1) is 0 Å². The van der Waals surface area contributed by atoms with Crippen molar-refractivity contribution >= 4 is 6.09 Å². The molecule has 0 aromatic carbocycles. The van der Waals surface area contributed by atoms with Gasteiger partial charge in [0, 0.05) is 13.6 Å². The molecule has 0 atom stereocenters. The molecule has 1 aromatic heterocycles. The molecule has 0 radical (unpaired) electrons. The number of hydrogen-bond donors (Lipinski definition) is 0. The topological polar surface area (TPSA) is 73.1 Å². The van der Waals surface area contributed by atoms with E-state index in [1.54, 1.807) is 14.0 Å². The molecule has 0 saturated carbocycles. The van der Waals surface area contributed by atoms with Gasteiger partial charge in [-0.1, -0.05) is 6.58 Å². The molecule has 0 saturated heterocycles. The van der Waals surface area contributed by atoms with Crippen LogP contribution in [0.15, 0.2) is 18.7 Å². The molecule has 1 rings (SSSR count). The average molecular weight is 211 g/mol. The van der Waals surface area contributed by atoms with Gasteiger partial charge in [-0.25, -0.2) is 9.48 Å². The first-order valence-electron chi connectivity index (χ1n) is 4.39. The standard InChI is InChI=1S/C8H13N5O2/c1-7(2)15-8(14)12(3)4-5-13-6-9-10-11-13/h6H,1,4-5H2,2-3H3. The lowest BCUT2D eigenvalue weighted by atomic mass is 10.6. The van der Waals surface area contributed by atoms with Crippen LogP contribution in [0.2, 0.25) is 0 Å². The van der Waals surface area contributed by atoms with Crippen molar-refractivity contribution in [3.05, 3.63) is 18.7 Å². The van der Waals surface area contributed by atoms with E-state index in [4.69, 9.17) is 4.74 Å². The van der Waals surface area contributed by atoms with E-state index in [-0.39, 0.29) is 0 Å². The molecular weight excluding hydrogens is 198 g/mol. The van der Waals surface area contributed by atoms with Gasteiger partial charge in [-0.05, 0) is 17.4 Å². The van der Waals surface area contributed by atoms with Crippen LogP contribution in [0.1, 0.15) is 6.92 Å². The minimum Gasteiger partial charge on any atom is -0.416 e. The summed E-state index contributed by atoms with van der Waals surface area (Å²) in [4.78, 5) is 12.7. The second-order valence-corrected chi connectivity index (χ2v) is 3.06. The molecular formula is C8H13N5O2. The molecule has 15 heavy (non-hydrogen) atoms. The highest BCUT2D eigenvalue weighted by Gasteiger charge is 2.09. The van der Waals surface area contributed by atoms with E-state index < -0.39 is 6.09 Å². The third-order valence-electron chi connectivity index (χ3n) is 1.63. The smallest absolute Gasteiger partial charge is 0.414 e. The number of rotatable bonds is 4. The number of aromatic nitrogens is 4. The fraction of sp³-hybridized carbons (Fsp3) is 0.500. The Morgan fingerprint density at radius 2 is 2.40 bits per heavy atom. The van der Waals surface area contributed by atoms with Crippen LogP contribution in [0.5, 0.6) is 0 Å². The fourth-order valence-corrected chi connectivity index (χ4v) is 0.853. The quantitative estimate of drug-likeness (QED) is 0.668. The minimum absolute atomic E-state index is 0.370. The molecule has 0 spiro atoms. The summed E-state index contributed by atoms with van der Waals surface area (Å²) in [7, 11) is 1.63. The summed E-state index contributed by atoms with van der Waals surface area (Å²) in [6.45, 7) is 6.09. The molecule has 1 amide bonds. The van der Waals surface area contributed by atoms with Gasteiger partial charge in [-0.15, -0.1) is 5.10 Å². The van der Waals surface area contributed by atoms with Gasteiger partial charge in [0.2, 0.25) is 0 Å². The zero-order chi connectivity index (χ0) is 11.3. The summed E-state index contributed by atoms with van der Waals surface area (Å²) >= 11 is 0. The van der Waals surface area contributed by atoms with Crippen LogP contribution >= 0.6 is 0 Å². The minimum atomic E-state index is -0.435. The molecule has 0 aliphatic carbocycles. The van der Waals surface area contributed by atoms with Crippen LogP contribution in [0.25, 0.3) is 0 Å². The van der Waals surface area contributed by atoms with Gasteiger partial charge in [0.15, 0.2) is 0 Å². The number of allylic oxidation sites excluding steroid dienone is 1. The number of hydrogen-bond acceptors (Lipinski definition) is 5. The molecule has 7 heteroatoms. The Kier molecular flexibility index (Phi) is 3.78. The van der Waals surface area contributed by atoms with Gasteiger partial charge in [-0.3, -0.25) is 0 Å². The Balaban J connectivity index is 2.32. The van der Waals surface area contributed by atoms with Crippen molar-refractivity contribution in [2.45, 2.75) is 13.5 Å². The molecule has 0 fully saturated rings. The third-order valence-corrected chi connectivity index (χ3v) is 1.63. The van der Waals surface area contributed by atoms with Crippen LogP contribution in [0.3, 0.4) is 0 Å². The zero-order valence-electron chi connectivity index (χ0n) is 8.75. The number of ether oxygens (including phenoxy) is 1. The Labute approximate surface area is 87.3 Å². The predicted octanol–water partition coefficient (Wildman–Crippen LogP) is 0.275. The molecule has 7 nitrogen and oxygen atoms in total. The van der Waals surface area contributed by atoms with Gasteiger partial charge in [0.05, 0.1) is 12.3 Å². The Hall–Kier alpha value is -1.92. The maximum absolute atomic E-state index is 11.3. The summed E-state index contributed by atoms with van der Waals surface area (Å²) in [5.41, 5.74) is 0. The Bertz CT molecular complexity index is 335. The molecule has 1 aromatic rings. The van der Waals surface area contributed by atoms with Crippen molar-refractivity contribution in [1.82, 2.24) is 25.1 Å². The van der Waals surface area contributed by atoms with E-state index in [0.717, 1.165) is 0 Å². The number of likely N-dealkylation sites (N-methyl/N-ethyl adjacent to an activating group) is 1. The van der Waals surface area contributed by atoms with E-state index in [9.17, 15) is 4.79 Å². The SMILES string of the molecule is C=C(C)OC(=O)N(C)CCn1cnnn1. The molecule has 0 N–H and O–H groups in total. The van der Waals surface area contributed by atoms with Gasteiger partial charge >= 0.3 is 6.09 Å². The maximum atomic E-state index is 11.3. The molecule has 0 aliphatic heterocycles. The highest BCUT2D eigenvalue weighted by molar-refractivity contribution is 5.68. The monoisotopic (exact) mass is 211 g/mol. The largest absolute Gasteiger partial charge is 0.416 e. The first-order chi connectivity index (χ1) is 7.09. The number of amides is 1. The van der Waals surface area contributed by atoms with Crippen molar-refractivity contribution in [2.24, 2.45) is 0 Å². The van der Waals surface area contributed by atoms with Crippen molar-refractivity contribution in [3.63, 3.8) is 0 Å². The highest BCUT2D eigenvalue weighted by atomic mass is 16.6. The first kappa shape index (κ1) is 11.2. The second kappa shape index (κ2) is 5.08. The molecule has 0 bridgehead atoms. The van der Waals surface area contributed by atoms with Crippen LogP contribution in [0.4, 0.5) is 4.79 Å². The summed E-state index contributed by atoms with van der Waals surface area (Å²) in [6, 6.07) is 0. The van der Waals surface area contributed by atoms with E-state index in [1.807, 2.05) is 0 Å². The lowest BCUT2D eigenvalue weighted by molar-refractivity contribution is 0.137. The number of carbonyl (C=O) groups excluding carboxylic acids is 1. The average Bonchev–Trinajstić information content (AvgIpc) is 2.65. The second-order valence-electron chi connectivity index (χ2n) is 3.06. The van der Waals surface area contributed by atoms with E-state index in [1.165, 1.54) is 15.9 Å². The van der Waals surface area contributed by atoms with Gasteiger partial charge in [-0.2, -0.15) is 0 Å². The van der Waals surface area contributed by atoms with E-state index in [2.05, 4.69) is 22.1 Å². The number of carbonyl (C=O) groups is 1. The molecule has 0 unspecified atom stereocenters. The van der Waals surface area contributed by atoms with Crippen molar-refractivity contribution in [2.75, 3.05) is 13.6 Å². The molecule has 1 heterocycles. The summed E-state index contributed by atoms with van der Waals surface area (Å²) < 4.78 is 6.35.